The smallest absolute Gasteiger partial charge is 0.127 e. The maximum atomic E-state index is 6.20. The normalized spacial score (nSPS) is 11.8. The van der Waals surface area contributed by atoms with Crippen molar-refractivity contribution < 1.29 is 4.74 Å². The molecule has 0 amide bonds. The number of benzene rings is 2. The predicted molar refractivity (Wildman–Crippen MR) is 86.5 cm³/mol. The molecule has 0 fully saturated rings. The molecule has 0 unspecified atom stereocenters. The van der Waals surface area contributed by atoms with Gasteiger partial charge in [-0.25, -0.2) is 0 Å². The highest BCUT2D eigenvalue weighted by atomic mass is 35.5. The van der Waals surface area contributed by atoms with Gasteiger partial charge in [0.1, 0.15) is 5.75 Å². The fraction of sp³-hybridized carbons (Fsp3) is 0.412. The Labute approximate surface area is 125 Å². The van der Waals surface area contributed by atoms with E-state index in [0.29, 0.717) is 13.2 Å². The van der Waals surface area contributed by atoms with Crippen molar-refractivity contribution in [2.24, 2.45) is 11.1 Å². The highest BCUT2D eigenvalue weighted by molar-refractivity contribution is 6.35. The standard InChI is InChI=1S/C17H22ClNO/c1-17(2,12-19)10-5-11-20-16-9-8-15(18)13-6-3-4-7-14(13)16/h3-4,6-9H,5,10-12,19H2,1-2H3. The van der Waals surface area contributed by atoms with Gasteiger partial charge < -0.3 is 10.5 Å². The van der Waals surface area contributed by atoms with Crippen molar-refractivity contribution in [1.29, 1.82) is 0 Å². The van der Waals surface area contributed by atoms with Crippen molar-refractivity contribution in [1.82, 2.24) is 0 Å². The Balaban J connectivity index is 2.02. The van der Waals surface area contributed by atoms with Gasteiger partial charge in [-0.05, 0) is 36.9 Å². The summed E-state index contributed by atoms with van der Waals surface area (Å²) in [5, 5.41) is 2.87. The molecule has 108 valence electrons. The van der Waals surface area contributed by atoms with Gasteiger partial charge in [0.05, 0.1) is 6.61 Å². The van der Waals surface area contributed by atoms with Gasteiger partial charge in [-0.1, -0.05) is 49.7 Å². The van der Waals surface area contributed by atoms with Crippen molar-refractivity contribution in [2.75, 3.05) is 13.2 Å². The van der Waals surface area contributed by atoms with Crippen LogP contribution in [0.15, 0.2) is 36.4 Å². The lowest BCUT2D eigenvalue weighted by atomic mass is 9.88. The van der Waals surface area contributed by atoms with E-state index in [1.54, 1.807) is 0 Å². The molecule has 0 radical (unpaired) electrons. The summed E-state index contributed by atoms with van der Waals surface area (Å²) >= 11 is 6.20. The molecular formula is C17H22ClNO. The van der Waals surface area contributed by atoms with Gasteiger partial charge in [-0.2, -0.15) is 0 Å². The summed E-state index contributed by atoms with van der Waals surface area (Å²) in [6.07, 6.45) is 2.07. The molecule has 2 nitrogen and oxygen atoms in total. The summed E-state index contributed by atoms with van der Waals surface area (Å²) in [4.78, 5) is 0. The van der Waals surface area contributed by atoms with Crippen LogP contribution in [-0.2, 0) is 0 Å². The Morgan fingerprint density at radius 3 is 2.50 bits per heavy atom. The van der Waals surface area contributed by atoms with Gasteiger partial charge in [-0.15, -0.1) is 0 Å². The highest BCUT2D eigenvalue weighted by Gasteiger charge is 2.14. The molecule has 0 saturated carbocycles. The molecule has 2 rings (SSSR count). The van der Waals surface area contributed by atoms with E-state index in [1.165, 1.54) is 0 Å². The van der Waals surface area contributed by atoms with Crippen LogP contribution >= 0.6 is 11.6 Å². The average Bonchev–Trinajstić information content (AvgIpc) is 2.46. The number of nitrogens with two attached hydrogens (primary N) is 1. The zero-order valence-electron chi connectivity index (χ0n) is 12.2. The van der Waals surface area contributed by atoms with Gasteiger partial charge in [0, 0.05) is 15.8 Å². The lowest BCUT2D eigenvalue weighted by Crippen LogP contribution is -2.23. The zero-order chi connectivity index (χ0) is 14.6. The maximum Gasteiger partial charge on any atom is 0.127 e. The first-order valence-electron chi connectivity index (χ1n) is 7.04. The van der Waals surface area contributed by atoms with Gasteiger partial charge in [-0.3, -0.25) is 0 Å². The minimum Gasteiger partial charge on any atom is -0.493 e. The third-order valence-corrected chi connectivity index (χ3v) is 3.97. The van der Waals surface area contributed by atoms with E-state index in [0.717, 1.165) is 34.4 Å². The van der Waals surface area contributed by atoms with Crippen molar-refractivity contribution in [2.45, 2.75) is 26.7 Å². The summed E-state index contributed by atoms with van der Waals surface area (Å²) in [5.74, 6) is 0.899. The Hall–Kier alpha value is -1.25. The van der Waals surface area contributed by atoms with E-state index in [9.17, 15) is 0 Å². The van der Waals surface area contributed by atoms with Gasteiger partial charge >= 0.3 is 0 Å². The van der Waals surface area contributed by atoms with Crippen LogP contribution in [0.5, 0.6) is 5.75 Å². The Morgan fingerprint density at radius 1 is 1.10 bits per heavy atom. The van der Waals surface area contributed by atoms with Crippen LogP contribution in [0.2, 0.25) is 5.02 Å². The third-order valence-electron chi connectivity index (χ3n) is 3.64. The van der Waals surface area contributed by atoms with Crippen LogP contribution in [0.4, 0.5) is 0 Å². The maximum absolute atomic E-state index is 6.20. The van der Waals surface area contributed by atoms with Gasteiger partial charge in [0.15, 0.2) is 0 Å². The number of halogens is 1. The molecule has 0 aromatic heterocycles. The highest BCUT2D eigenvalue weighted by Crippen LogP contribution is 2.31. The number of ether oxygens (including phenoxy) is 1. The van der Waals surface area contributed by atoms with Crippen LogP contribution < -0.4 is 10.5 Å². The largest absolute Gasteiger partial charge is 0.493 e. The predicted octanol–water partition coefficient (Wildman–Crippen LogP) is 4.64. The average molecular weight is 292 g/mol. The molecule has 0 aliphatic heterocycles. The fourth-order valence-corrected chi connectivity index (χ4v) is 2.42. The van der Waals surface area contributed by atoms with E-state index in [-0.39, 0.29) is 5.41 Å². The fourth-order valence-electron chi connectivity index (χ4n) is 2.20. The molecular weight excluding hydrogens is 270 g/mol. The van der Waals surface area contributed by atoms with Crippen molar-refractivity contribution in [3.8, 4) is 5.75 Å². The van der Waals surface area contributed by atoms with Gasteiger partial charge in [0.2, 0.25) is 0 Å². The quantitative estimate of drug-likeness (QED) is 0.787. The summed E-state index contributed by atoms with van der Waals surface area (Å²) in [5.41, 5.74) is 5.92. The van der Waals surface area contributed by atoms with E-state index < -0.39 is 0 Å². The van der Waals surface area contributed by atoms with Crippen LogP contribution in [0.3, 0.4) is 0 Å². The molecule has 20 heavy (non-hydrogen) atoms. The van der Waals surface area contributed by atoms with E-state index in [2.05, 4.69) is 13.8 Å². The number of hydrogen-bond donors (Lipinski definition) is 1. The third kappa shape index (κ3) is 3.65. The molecule has 3 heteroatoms. The van der Waals surface area contributed by atoms with E-state index in [1.807, 2.05) is 36.4 Å². The first-order valence-corrected chi connectivity index (χ1v) is 7.41. The molecule has 0 heterocycles. The van der Waals surface area contributed by atoms with E-state index >= 15 is 0 Å². The van der Waals surface area contributed by atoms with Crippen LogP contribution in [0.1, 0.15) is 26.7 Å². The number of fused-ring (bicyclic) bond motifs is 1. The second kappa shape index (κ2) is 6.47. The molecule has 2 aromatic carbocycles. The minimum atomic E-state index is 0.186. The Bertz CT molecular complexity index is 580. The van der Waals surface area contributed by atoms with Crippen LogP contribution in [0, 0.1) is 5.41 Å². The van der Waals surface area contributed by atoms with Gasteiger partial charge in [0.25, 0.3) is 0 Å². The monoisotopic (exact) mass is 291 g/mol. The summed E-state index contributed by atoms with van der Waals surface area (Å²) in [6.45, 7) is 5.78. The number of rotatable bonds is 6. The molecule has 0 spiro atoms. The summed E-state index contributed by atoms with van der Waals surface area (Å²) in [7, 11) is 0. The first-order chi connectivity index (χ1) is 9.53. The lowest BCUT2D eigenvalue weighted by molar-refractivity contribution is 0.263. The molecule has 0 saturated heterocycles. The topological polar surface area (TPSA) is 35.2 Å². The Morgan fingerprint density at radius 2 is 1.80 bits per heavy atom. The minimum absolute atomic E-state index is 0.186. The first kappa shape index (κ1) is 15.1. The molecule has 2 N–H and O–H groups in total. The second-order valence-electron chi connectivity index (χ2n) is 5.91. The van der Waals surface area contributed by atoms with Crippen molar-refractivity contribution >= 4 is 22.4 Å². The van der Waals surface area contributed by atoms with E-state index in [4.69, 9.17) is 22.1 Å². The van der Waals surface area contributed by atoms with Crippen molar-refractivity contribution in [3.63, 3.8) is 0 Å². The van der Waals surface area contributed by atoms with Crippen LogP contribution in [0.25, 0.3) is 10.8 Å². The number of hydrogen-bond acceptors (Lipinski definition) is 2. The summed E-state index contributed by atoms with van der Waals surface area (Å²) < 4.78 is 5.91. The molecule has 2 aromatic rings. The molecule has 0 atom stereocenters. The molecule has 0 aliphatic rings. The van der Waals surface area contributed by atoms with Crippen LogP contribution in [-0.4, -0.2) is 13.2 Å². The molecule has 0 aliphatic carbocycles. The SMILES string of the molecule is CC(C)(CN)CCCOc1ccc(Cl)c2ccccc12. The lowest BCUT2D eigenvalue weighted by Gasteiger charge is -2.22. The Kier molecular flexibility index (Phi) is 4.90. The zero-order valence-corrected chi connectivity index (χ0v) is 12.9. The second-order valence-corrected chi connectivity index (χ2v) is 6.32. The van der Waals surface area contributed by atoms with Crippen molar-refractivity contribution in [3.05, 3.63) is 41.4 Å². The summed E-state index contributed by atoms with van der Waals surface area (Å²) in [6, 6.07) is 11.9. The molecule has 0 bridgehead atoms.